The Bertz CT molecular complexity index is 866. The van der Waals surface area contributed by atoms with Crippen molar-refractivity contribution in [3.05, 3.63) is 53.1 Å². The first-order chi connectivity index (χ1) is 13.4. The second-order valence-electron chi connectivity index (χ2n) is 6.03. The molecule has 0 atom stereocenters. The van der Waals surface area contributed by atoms with Crippen LogP contribution in [0, 0.1) is 6.92 Å². The molecule has 2 aromatic carbocycles. The third-order valence-corrected chi connectivity index (χ3v) is 3.93. The van der Waals surface area contributed by atoms with Gasteiger partial charge in [-0.1, -0.05) is 17.7 Å². The molecule has 0 aliphatic rings. The predicted octanol–water partition coefficient (Wildman–Crippen LogP) is 3.56. The monoisotopic (exact) mass is 403 g/mol. The third-order valence-electron chi connectivity index (χ3n) is 3.69. The highest BCUT2D eigenvalue weighted by Crippen LogP contribution is 2.20. The maximum atomic E-state index is 12.1. The number of methoxy groups -OCH3 is 1. The number of ether oxygens (including phenoxy) is 2. The smallest absolute Gasteiger partial charge is 0.277 e. The maximum absolute atomic E-state index is 12.1. The van der Waals surface area contributed by atoms with Crippen LogP contribution in [0.5, 0.6) is 11.5 Å². The van der Waals surface area contributed by atoms with Gasteiger partial charge in [-0.15, -0.1) is 0 Å². The minimum absolute atomic E-state index is 0.0333. The minimum Gasteiger partial charge on any atom is -0.497 e. The molecule has 7 nitrogen and oxygen atoms in total. The molecule has 0 aliphatic heterocycles. The number of halogens is 1. The van der Waals surface area contributed by atoms with Gasteiger partial charge in [0.1, 0.15) is 11.5 Å². The second-order valence-corrected chi connectivity index (χ2v) is 6.47. The SMILES string of the molecule is COc1ccc(OCC(=O)N/N=C(\C)CC(=O)Nc2cc(Cl)ccc2C)cc1. The van der Waals surface area contributed by atoms with E-state index in [0.717, 1.165) is 5.56 Å². The fourth-order valence-electron chi connectivity index (χ4n) is 2.21. The highest BCUT2D eigenvalue weighted by Gasteiger charge is 2.08. The lowest BCUT2D eigenvalue weighted by atomic mass is 10.2. The molecule has 2 amide bonds. The van der Waals surface area contributed by atoms with E-state index in [9.17, 15) is 9.59 Å². The van der Waals surface area contributed by atoms with Crippen molar-refractivity contribution in [2.45, 2.75) is 20.3 Å². The van der Waals surface area contributed by atoms with Crippen LogP contribution in [-0.2, 0) is 9.59 Å². The highest BCUT2D eigenvalue weighted by atomic mass is 35.5. The van der Waals surface area contributed by atoms with Gasteiger partial charge in [0, 0.05) is 16.4 Å². The molecule has 0 radical (unpaired) electrons. The summed E-state index contributed by atoms with van der Waals surface area (Å²) in [7, 11) is 1.57. The van der Waals surface area contributed by atoms with E-state index in [-0.39, 0.29) is 18.9 Å². The zero-order chi connectivity index (χ0) is 20.5. The van der Waals surface area contributed by atoms with Crippen LogP contribution in [0.1, 0.15) is 18.9 Å². The number of carbonyl (C=O) groups excluding carboxylic acids is 2. The average molecular weight is 404 g/mol. The van der Waals surface area contributed by atoms with Gasteiger partial charge in [0.2, 0.25) is 5.91 Å². The molecule has 0 saturated carbocycles. The Labute approximate surface area is 168 Å². The van der Waals surface area contributed by atoms with Crippen molar-refractivity contribution in [3.8, 4) is 11.5 Å². The van der Waals surface area contributed by atoms with Gasteiger partial charge >= 0.3 is 0 Å². The number of nitrogens with one attached hydrogen (secondary N) is 2. The standard InChI is InChI=1S/C20H22ClN3O4/c1-13-4-5-15(21)11-18(13)22-19(25)10-14(2)23-24-20(26)12-28-17-8-6-16(27-3)7-9-17/h4-9,11H,10,12H2,1-3H3,(H,22,25)(H,24,26)/b23-14+. The Morgan fingerprint density at radius 2 is 1.75 bits per heavy atom. The average Bonchev–Trinajstić information content (AvgIpc) is 2.68. The number of aryl methyl sites for hydroxylation is 1. The van der Waals surface area contributed by atoms with E-state index in [2.05, 4.69) is 15.8 Å². The molecular formula is C20H22ClN3O4. The zero-order valence-electron chi connectivity index (χ0n) is 15.9. The summed E-state index contributed by atoms with van der Waals surface area (Å²) >= 11 is 5.94. The molecule has 0 heterocycles. The Morgan fingerprint density at radius 1 is 1.07 bits per heavy atom. The molecule has 0 fully saturated rings. The Morgan fingerprint density at radius 3 is 2.43 bits per heavy atom. The summed E-state index contributed by atoms with van der Waals surface area (Å²) < 4.78 is 10.4. The molecule has 0 unspecified atom stereocenters. The van der Waals surface area contributed by atoms with E-state index >= 15 is 0 Å². The van der Waals surface area contributed by atoms with Crippen LogP contribution in [0.4, 0.5) is 5.69 Å². The lowest BCUT2D eigenvalue weighted by molar-refractivity contribution is -0.123. The summed E-state index contributed by atoms with van der Waals surface area (Å²) in [4.78, 5) is 23.9. The van der Waals surface area contributed by atoms with Crippen molar-refractivity contribution in [2.75, 3.05) is 19.0 Å². The summed E-state index contributed by atoms with van der Waals surface area (Å²) in [6.45, 7) is 3.32. The van der Waals surface area contributed by atoms with Crippen LogP contribution in [0.3, 0.4) is 0 Å². The fourth-order valence-corrected chi connectivity index (χ4v) is 2.38. The number of amides is 2. The van der Waals surface area contributed by atoms with Gasteiger partial charge in [-0.25, -0.2) is 5.43 Å². The van der Waals surface area contributed by atoms with E-state index in [1.54, 1.807) is 50.4 Å². The molecule has 0 aromatic heterocycles. The molecule has 8 heteroatoms. The minimum atomic E-state index is -0.429. The molecule has 0 spiro atoms. The number of hydrazone groups is 1. The van der Waals surface area contributed by atoms with Crippen LogP contribution in [0.15, 0.2) is 47.6 Å². The topological polar surface area (TPSA) is 89.0 Å². The molecule has 2 aromatic rings. The number of rotatable bonds is 8. The summed E-state index contributed by atoms with van der Waals surface area (Å²) in [6.07, 6.45) is 0.0333. The molecule has 2 rings (SSSR count). The number of nitrogens with zero attached hydrogens (tertiary/aromatic N) is 1. The summed E-state index contributed by atoms with van der Waals surface area (Å²) in [5.41, 5.74) is 4.36. The van der Waals surface area contributed by atoms with Gasteiger partial charge in [0.15, 0.2) is 6.61 Å². The van der Waals surface area contributed by atoms with Crippen molar-refractivity contribution in [2.24, 2.45) is 5.10 Å². The molecule has 0 bridgehead atoms. The highest BCUT2D eigenvalue weighted by molar-refractivity contribution is 6.31. The van der Waals surface area contributed by atoms with Gasteiger partial charge in [-0.3, -0.25) is 9.59 Å². The molecule has 148 valence electrons. The van der Waals surface area contributed by atoms with Gasteiger partial charge < -0.3 is 14.8 Å². The van der Waals surface area contributed by atoms with E-state index in [0.29, 0.717) is 27.9 Å². The molecular weight excluding hydrogens is 382 g/mol. The number of carbonyl (C=O) groups is 2. The van der Waals surface area contributed by atoms with Crippen LogP contribution >= 0.6 is 11.6 Å². The third kappa shape index (κ3) is 6.92. The van der Waals surface area contributed by atoms with Gasteiger partial charge in [-0.05, 0) is 55.8 Å². The molecule has 0 aliphatic carbocycles. The number of hydrogen-bond acceptors (Lipinski definition) is 5. The molecule has 2 N–H and O–H groups in total. The van der Waals surface area contributed by atoms with E-state index in [4.69, 9.17) is 21.1 Å². The maximum Gasteiger partial charge on any atom is 0.277 e. The molecule has 28 heavy (non-hydrogen) atoms. The first-order valence-electron chi connectivity index (χ1n) is 8.52. The van der Waals surface area contributed by atoms with Crippen molar-refractivity contribution >= 4 is 34.8 Å². The van der Waals surface area contributed by atoms with Crippen molar-refractivity contribution < 1.29 is 19.1 Å². The van der Waals surface area contributed by atoms with Crippen LogP contribution < -0.4 is 20.2 Å². The normalized spacial score (nSPS) is 10.9. The van der Waals surface area contributed by atoms with Crippen LogP contribution in [0.25, 0.3) is 0 Å². The van der Waals surface area contributed by atoms with E-state index < -0.39 is 5.91 Å². The van der Waals surface area contributed by atoms with Crippen molar-refractivity contribution in [1.82, 2.24) is 5.43 Å². The van der Waals surface area contributed by atoms with Gasteiger partial charge in [0.05, 0.1) is 13.5 Å². The zero-order valence-corrected chi connectivity index (χ0v) is 16.7. The first-order valence-corrected chi connectivity index (χ1v) is 8.90. The van der Waals surface area contributed by atoms with Crippen molar-refractivity contribution in [3.63, 3.8) is 0 Å². The quantitative estimate of drug-likeness (QED) is 0.521. The van der Waals surface area contributed by atoms with Crippen LogP contribution in [0.2, 0.25) is 5.02 Å². The Kier molecular flexibility index (Phi) is 7.83. The molecule has 0 saturated heterocycles. The first kappa shape index (κ1) is 21.2. The Balaban J connectivity index is 1.78. The second kappa shape index (κ2) is 10.3. The largest absolute Gasteiger partial charge is 0.497 e. The van der Waals surface area contributed by atoms with Crippen molar-refractivity contribution in [1.29, 1.82) is 0 Å². The summed E-state index contributed by atoms with van der Waals surface area (Å²) in [6, 6.07) is 12.1. The Hall–Kier alpha value is -3.06. The lowest BCUT2D eigenvalue weighted by Gasteiger charge is -2.09. The van der Waals surface area contributed by atoms with Crippen LogP contribution in [-0.4, -0.2) is 31.2 Å². The summed E-state index contributed by atoms with van der Waals surface area (Å²) in [5.74, 6) is 0.549. The number of hydrogen-bond donors (Lipinski definition) is 2. The van der Waals surface area contributed by atoms with E-state index in [1.165, 1.54) is 0 Å². The summed E-state index contributed by atoms with van der Waals surface area (Å²) in [5, 5.41) is 7.23. The predicted molar refractivity (Wildman–Crippen MR) is 109 cm³/mol. The van der Waals surface area contributed by atoms with E-state index in [1.807, 2.05) is 13.0 Å². The fraction of sp³-hybridized carbons (Fsp3) is 0.250. The lowest BCUT2D eigenvalue weighted by Crippen LogP contribution is -2.26. The number of anilines is 1. The number of benzene rings is 2. The van der Waals surface area contributed by atoms with Gasteiger partial charge in [0.25, 0.3) is 5.91 Å². The van der Waals surface area contributed by atoms with Gasteiger partial charge in [-0.2, -0.15) is 5.10 Å².